The molecule has 2 aromatic heterocycles. The van der Waals surface area contributed by atoms with Gasteiger partial charge in [-0.25, -0.2) is 0 Å². The summed E-state index contributed by atoms with van der Waals surface area (Å²) in [7, 11) is 0. The van der Waals surface area contributed by atoms with Crippen molar-refractivity contribution in [3.05, 3.63) is 78.8 Å². The van der Waals surface area contributed by atoms with Crippen LogP contribution in [0.15, 0.2) is 72.9 Å². The van der Waals surface area contributed by atoms with Gasteiger partial charge >= 0.3 is 6.18 Å². The zero-order chi connectivity index (χ0) is 17.4. The Bertz CT molecular complexity index is 1020. The quantitative estimate of drug-likeness (QED) is 0.510. The van der Waals surface area contributed by atoms with Crippen LogP contribution in [-0.4, -0.2) is 14.6 Å². The van der Waals surface area contributed by atoms with Crippen LogP contribution in [0.3, 0.4) is 0 Å². The van der Waals surface area contributed by atoms with E-state index in [0.717, 1.165) is 15.5 Å². The van der Waals surface area contributed by atoms with Crippen molar-refractivity contribution in [2.75, 3.05) is 0 Å². The summed E-state index contributed by atoms with van der Waals surface area (Å²) in [6.45, 7) is 0. The van der Waals surface area contributed by atoms with E-state index < -0.39 is 12.0 Å². The van der Waals surface area contributed by atoms with Crippen molar-refractivity contribution in [2.24, 2.45) is 0 Å². The molecule has 0 bridgehead atoms. The summed E-state index contributed by atoms with van der Waals surface area (Å²) in [5.41, 5.74) is 3.05. The second-order valence-corrected chi connectivity index (χ2v) is 5.59. The van der Waals surface area contributed by atoms with Crippen molar-refractivity contribution < 1.29 is 13.2 Å². The number of alkyl halides is 3. The number of hydrogen-bond acceptors (Lipinski definition) is 2. The van der Waals surface area contributed by atoms with Crippen LogP contribution in [-0.2, 0) is 6.18 Å². The van der Waals surface area contributed by atoms with E-state index in [-0.39, 0.29) is 5.65 Å². The maximum Gasteiger partial charge on any atom is 0.452 e. The Balaban J connectivity index is 2.05. The molecule has 4 rings (SSSR count). The number of benzene rings is 2. The third kappa shape index (κ3) is 2.76. The van der Waals surface area contributed by atoms with Crippen LogP contribution in [0.1, 0.15) is 5.82 Å². The SMILES string of the molecule is FC(F)(F)c1nnc2c(-c3ccccc3)cc(-c3ccccc3)cn12. The molecule has 25 heavy (non-hydrogen) atoms. The number of rotatable bonds is 2. The van der Waals surface area contributed by atoms with Crippen molar-refractivity contribution in [1.82, 2.24) is 14.6 Å². The van der Waals surface area contributed by atoms with E-state index in [1.165, 1.54) is 6.20 Å². The van der Waals surface area contributed by atoms with Crippen LogP contribution in [0.2, 0.25) is 0 Å². The first-order valence-electron chi connectivity index (χ1n) is 7.61. The lowest BCUT2D eigenvalue weighted by molar-refractivity contribution is -0.145. The van der Waals surface area contributed by atoms with E-state index >= 15 is 0 Å². The molecule has 2 heterocycles. The molecule has 4 aromatic rings. The van der Waals surface area contributed by atoms with Gasteiger partial charge in [0.15, 0.2) is 5.65 Å². The molecule has 0 atom stereocenters. The number of halogens is 3. The molecule has 124 valence electrons. The third-order valence-electron chi connectivity index (χ3n) is 3.95. The van der Waals surface area contributed by atoms with Gasteiger partial charge < -0.3 is 0 Å². The fourth-order valence-electron chi connectivity index (χ4n) is 2.81. The highest BCUT2D eigenvalue weighted by atomic mass is 19.4. The minimum Gasteiger partial charge on any atom is -0.278 e. The Morgan fingerprint density at radius 1 is 0.720 bits per heavy atom. The smallest absolute Gasteiger partial charge is 0.278 e. The molecule has 0 aliphatic rings. The molecule has 0 saturated carbocycles. The number of nitrogens with zero attached hydrogens (tertiary/aromatic N) is 3. The molecule has 0 unspecified atom stereocenters. The minimum absolute atomic E-state index is 0.179. The molecule has 0 fully saturated rings. The second-order valence-electron chi connectivity index (χ2n) is 5.59. The van der Waals surface area contributed by atoms with Crippen molar-refractivity contribution >= 4 is 5.65 Å². The summed E-state index contributed by atoms with van der Waals surface area (Å²) in [4.78, 5) is 0. The average molecular weight is 339 g/mol. The van der Waals surface area contributed by atoms with Crippen molar-refractivity contribution in [1.29, 1.82) is 0 Å². The number of pyridine rings is 1. The minimum atomic E-state index is -4.58. The summed E-state index contributed by atoms with van der Waals surface area (Å²) < 4.78 is 40.9. The maximum absolute atomic E-state index is 13.3. The van der Waals surface area contributed by atoms with Crippen LogP contribution in [0.25, 0.3) is 27.9 Å². The first-order valence-corrected chi connectivity index (χ1v) is 7.61. The predicted octanol–water partition coefficient (Wildman–Crippen LogP) is 5.08. The highest BCUT2D eigenvalue weighted by molar-refractivity contribution is 5.82. The largest absolute Gasteiger partial charge is 0.452 e. The monoisotopic (exact) mass is 339 g/mol. The van der Waals surface area contributed by atoms with E-state index in [4.69, 9.17) is 0 Å². The lowest BCUT2D eigenvalue weighted by atomic mass is 10.0. The third-order valence-corrected chi connectivity index (χ3v) is 3.95. The number of fused-ring (bicyclic) bond motifs is 1. The molecule has 0 N–H and O–H groups in total. The van der Waals surface area contributed by atoms with Crippen LogP contribution >= 0.6 is 0 Å². The highest BCUT2D eigenvalue weighted by Gasteiger charge is 2.37. The van der Waals surface area contributed by atoms with Gasteiger partial charge in [-0.1, -0.05) is 60.7 Å². The zero-order valence-electron chi connectivity index (χ0n) is 12.9. The molecule has 0 aliphatic heterocycles. The predicted molar refractivity (Wildman–Crippen MR) is 88.9 cm³/mol. The number of aromatic nitrogens is 3. The first-order chi connectivity index (χ1) is 12.0. The van der Waals surface area contributed by atoms with Crippen molar-refractivity contribution in [3.63, 3.8) is 0 Å². The maximum atomic E-state index is 13.3. The second kappa shape index (κ2) is 5.73. The summed E-state index contributed by atoms with van der Waals surface area (Å²) in [6.07, 6.45) is -3.15. The Morgan fingerprint density at radius 2 is 1.32 bits per heavy atom. The molecule has 0 spiro atoms. The normalized spacial score (nSPS) is 11.8. The first kappa shape index (κ1) is 15.4. The molecule has 6 heteroatoms. The van der Waals surface area contributed by atoms with Gasteiger partial charge in [-0.15, -0.1) is 10.2 Å². The molecular weight excluding hydrogens is 327 g/mol. The highest BCUT2D eigenvalue weighted by Crippen LogP contribution is 2.34. The van der Waals surface area contributed by atoms with Gasteiger partial charge in [-0.2, -0.15) is 13.2 Å². The van der Waals surface area contributed by atoms with E-state index in [9.17, 15) is 13.2 Å². The fourth-order valence-corrected chi connectivity index (χ4v) is 2.81. The molecule has 0 aliphatic carbocycles. The molecular formula is C19H12F3N3. The van der Waals surface area contributed by atoms with Gasteiger partial charge in [0.25, 0.3) is 0 Å². The van der Waals surface area contributed by atoms with Gasteiger partial charge in [0, 0.05) is 11.8 Å². The molecule has 0 radical (unpaired) electrons. The Kier molecular flexibility index (Phi) is 3.53. The van der Waals surface area contributed by atoms with E-state index in [1.54, 1.807) is 0 Å². The van der Waals surface area contributed by atoms with Gasteiger partial charge in [-0.05, 0) is 22.8 Å². The fraction of sp³-hybridized carbons (Fsp3) is 0.0526. The lowest BCUT2D eigenvalue weighted by Crippen LogP contribution is -2.11. The lowest BCUT2D eigenvalue weighted by Gasteiger charge is -2.10. The van der Waals surface area contributed by atoms with Gasteiger partial charge in [0.2, 0.25) is 5.82 Å². The summed E-state index contributed by atoms with van der Waals surface area (Å²) in [5, 5.41) is 7.16. The Morgan fingerprint density at radius 3 is 1.92 bits per heavy atom. The van der Waals surface area contributed by atoms with Crippen LogP contribution in [0, 0.1) is 0 Å². The van der Waals surface area contributed by atoms with Crippen LogP contribution in [0.5, 0.6) is 0 Å². The summed E-state index contributed by atoms with van der Waals surface area (Å²) in [5.74, 6) is -1.03. The topological polar surface area (TPSA) is 30.2 Å². The van der Waals surface area contributed by atoms with Crippen molar-refractivity contribution in [3.8, 4) is 22.3 Å². The van der Waals surface area contributed by atoms with E-state index in [2.05, 4.69) is 10.2 Å². The van der Waals surface area contributed by atoms with Crippen LogP contribution < -0.4 is 0 Å². The molecule has 0 saturated heterocycles. The zero-order valence-corrected chi connectivity index (χ0v) is 12.9. The van der Waals surface area contributed by atoms with E-state index in [1.807, 2.05) is 66.7 Å². The number of hydrogen-bond donors (Lipinski definition) is 0. The van der Waals surface area contributed by atoms with Gasteiger partial charge in [0.05, 0.1) is 0 Å². The Hall–Kier alpha value is -3.15. The van der Waals surface area contributed by atoms with Gasteiger partial charge in [-0.3, -0.25) is 4.40 Å². The average Bonchev–Trinajstić information content (AvgIpc) is 3.07. The van der Waals surface area contributed by atoms with Crippen LogP contribution in [0.4, 0.5) is 13.2 Å². The van der Waals surface area contributed by atoms with Crippen molar-refractivity contribution in [2.45, 2.75) is 6.18 Å². The molecule has 2 aromatic carbocycles. The standard InChI is InChI=1S/C19H12F3N3/c20-19(21,22)18-24-23-17-16(14-9-5-2-6-10-14)11-15(12-25(17)18)13-7-3-1-4-8-13/h1-12H. The van der Waals surface area contributed by atoms with Gasteiger partial charge in [0.1, 0.15) is 0 Å². The Labute approximate surface area is 141 Å². The molecule has 3 nitrogen and oxygen atoms in total. The molecule has 0 amide bonds. The summed E-state index contributed by atoms with van der Waals surface area (Å²) >= 11 is 0. The summed E-state index contributed by atoms with van der Waals surface area (Å²) in [6, 6.07) is 20.3. The van der Waals surface area contributed by atoms with E-state index in [0.29, 0.717) is 11.1 Å².